The Morgan fingerprint density at radius 2 is 2.44 bits per heavy atom. The summed E-state index contributed by atoms with van der Waals surface area (Å²) in [5, 5.41) is 17.9. The molecule has 5 heteroatoms. The van der Waals surface area contributed by atoms with Crippen molar-refractivity contribution < 1.29 is 14.6 Å². The minimum Gasteiger partial charge on any atom is -0.480 e. The van der Waals surface area contributed by atoms with Gasteiger partial charge in [-0.2, -0.15) is 5.26 Å². The lowest BCUT2D eigenvalue weighted by molar-refractivity contribution is -0.150. The van der Waals surface area contributed by atoms with Gasteiger partial charge in [-0.05, 0) is 17.7 Å². The molecule has 18 heavy (non-hydrogen) atoms. The molecular weight excluding hydrogens is 232 g/mol. The molecule has 0 amide bonds. The van der Waals surface area contributed by atoms with Crippen LogP contribution in [0.3, 0.4) is 0 Å². The maximum absolute atomic E-state index is 11.1. The number of rotatable bonds is 3. The van der Waals surface area contributed by atoms with Crippen LogP contribution < -0.4 is 0 Å². The molecule has 1 saturated heterocycles. The van der Waals surface area contributed by atoms with E-state index >= 15 is 0 Å². The van der Waals surface area contributed by atoms with Gasteiger partial charge in [0, 0.05) is 13.1 Å². The second-order valence-corrected chi connectivity index (χ2v) is 4.21. The predicted octanol–water partition coefficient (Wildman–Crippen LogP) is 0.844. The summed E-state index contributed by atoms with van der Waals surface area (Å²) in [4.78, 5) is 13.0. The van der Waals surface area contributed by atoms with E-state index < -0.39 is 12.0 Å². The molecule has 1 N–H and O–H groups in total. The van der Waals surface area contributed by atoms with Gasteiger partial charge in [0.25, 0.3) is 0 Å². The molecule has 94 valence electrons. The van der Waals surface area contributed by atoms with E-state index in [-0.39, 0.29) is 6.61 Å². The summed E-state index contributed by atoms with van der Waals surface area (Å²) in [5.74, 6) is -0.869. The molecule has 1 aliphatic heterocycles. The van der Waals surface area contributed by atoms with E-state index in [1.54, 1.807) is 12.1 Å². The maximum Gasteiger partial charge on any atom is 0.323 e. The minimum absolute atomic E-state index is 0.216. The molecule has 2 rings (SSSR count). The van der Waals surface area contributed by atoms with Crippen LogP contribution in [0.2, 0.25) is 0 Å². The summed E-state index contributed by atoms with van der Waals surface area (Å²) in [6.45, 7) is 1.87. The lowest BCUT2D eigenvalue weighted by Crippen LogP contribution is -2.49. The molecule has 1 unspecified atom stereocenters. The van der Waals surface area contributed by atoms with E-state index in [0.29, 0.717) is 25.3 Å². The lowest BCUT2D eigenvalue weighted by atomic mass is 10.1. The largest absolute Gasteiger partial charge is 0.480 e. The molecule has 1 aromatic rings. The van der Waals surface area contributed by atoms with Crippen LogP contribution in [0.5, 0.6) is 0 Å². The van der Waals surface area contributed by atoms with Crippen molar-refractivity contribution in [3.63, 3.8) is 0 Å². The molecule has 1 atom stereocenters. The van der Waals surface area contributed by atoms with E-state index in [4.69, 9.17) is 15.1 Å². The molecule has 0 radical (unpaired) electrons. The van der Waals surface area contributed by atoms with Gasteiger partial charge in [0.1, 0.15) is 6.04 Å². The van der Waals surface area contributed by atoms with Gasteiger partial charge < -0.3 is 9.84 Å². The Balaban J connectivity index is 2.11. The van der Waals surface area contributed by atoms with Gasteiger partial charge in [-0.15, -0.1) is 0 Å². The number of carboxylic acids is 1. The number of nitrogens with zero attached hydrogens (tertiary/aromatic N) is 2. The van der Waals surface area contributed by atoms with Crippen LogP contribution >= 0.6 is 0 Å². The normalized spacial score (nSPS) is 20.3. The summed E-state index contributed by atoms with van der Waals surface area (Å²) in [7, 11) is 0. The molecule has 0 saturated carbocycles. The molecule has 0 bridgehead atoms. The van der Waals surface area contributed by atoms with E-state index in [2.05, 4.69) is 6.07 Å². The van der Waals surface area contributed by atoms with Gasteiger partial charge in [0.15, 0.2) is 0 Å². The van der Waals surface area contributed by atoms with Crippen LogP contribution in [0.4, 0.5) is 0 Å². The van der Waals surface area contributed by atoms with E-state index in [0.717, 1.165) is 5.56 Å². The lowest BCUT2D eigenvalue weighted by Gasteiger charge is -2.32. The Bertz CT molecular complexity index is 481. The number of hydrogen-bond acceptors (Lipinski definition) is 4. The van der Waals surface area contributed by atoms with Crippen molar-refractivity contribution in [2.45, 2.75) is 12.6 Å². The third kappa shape index (κ3) is 2.86. The average molecular weight is 246 g/mol. The Hall–Kier alpha value is -1.90. The van der Waals surface area contributed by atoms with Gasteiger partial charge in [0.05, 0.1) is 24.8 Å². The number of morpholine rings is 1. The van der Waals surface area contributed by atoms with Crippen molar-refractivity contribution >= 4 is 5.97 Å². The molecule has 5 nitrogen and oxygen atoms in total. The number of ether oxygens (including phenoxy) is 1. The zero-order chi connectivity index (χ0) is 13.0. The van der Waals surface area contributed by atoms with Gasteiger partial charge in [-0.1, -0.05) is 12.1 Å². The van der Waals surface area contributed by atoms with Crippen LogP contribution in [0.25, 0.3) is 0 Å². The molecular formula is C13H14N2O3. The summed E-state index contributed by atoms with van der Waals surface area (Å²) < 4.78 is 5.18. The Labute approximate surface area is 105 Å². The zero-order valence-electron chi connectivity index (χ0n) is 9.87. The van der Waals surface area contributed by atoms with Gasteiger partial charge >= 0.3 is 5.97 Å². The number of nitriles is 1. The fraction of sp³-hybridized carbons (Fsp3) is 0.385. The third-order valence-corrected chi connectivity index (χ3v) is 2.97. The van der Waals surface area contributed by atoms with Crippen molar-refractivity contribution in [1.29, 1.82) is 5.26 Å². The Morgan fingerprint density at radius 3 is 3.17 bits per heavy atom. The van der Waals surface area contributed by atoms with E-state index in [1.807, 2.05) is 17.0 Å². The minimum atomic E-state index is -0.869. The first-order valence-corrected chi connectivity index (χ1v) is 5.74. The fourth-order valence-electron chi connectivity index (χ4n) is 2.03. The van der Waals surface area contributed by atoms with Crippen molar-refractivity contribution in [2.75, 3.05) is 19.8 Å². The first kappa shape index (κ1) is 12.6. The quantitative estimate of drug-likeness (QED) is 0.855. The van der Waals surface area contributed by atoms with Gasteiger partial charge in [-0.3, -0.25) is 9.69 Å². The van der Waals surface area contributed by atoms with Crippen LogP contribution in [0, 0.1) is 11.3 Å². The highest BCUT2D eigenvalue weighted by Gasteiger charge is 2.28. The van der Waals surface area contributed by atoms with Crippen molar-refractivity contribution in [2.24, 2.45) is 0 Å². The number of carbonyl (C=O) groups is 1. The summed E-state index contributed by atoms with van der Waals surface area (Å²) in [5.41, 5.74) is 1.54. The maximum atomic E-state index is 11.1. The molecule has 0 aliphatic carbocycles. The van der Waals surface area contributed by atoms with Crippen molar-refractivity contribution in [1.82, 2.24) is 4.90 Å². The summed E-state index contributed by atoms with van der Waals surface area (Å²) in [6.07, 6.45) is 0. The first-order chi connectivity index (χ1) is 8.70. The predicted molar refractivity (Wildman–Crippen MR) is 63.8 cm³/mol. The topological polar surface area (TPSA) is 73.6 Å². The van der Waals surface area contributed by atoms with Crippen LogP contribution in [-0.4, -0.2) is 41.8 Å². The smallest absolute Gasteiger partial charge is 0.323 e. The third-order valence-electron chi connectivity index (χ3n) is 2.97. The Morgan fingerprint density at radius 1 is 1.61 bits per heavy atom. The monoisotopic (exact) mass is 246 g/mol. The number of hydrogen-bond donors (Lipinski definition) is 1. The second-order valence-electron chi connectivity index (χ2n) is 4.21. The standard InChI is InChI=1S/C13H14N2O3/c14-7-10-2-1-3-11(6-10)8-15-4-5-18-9-12(15)13(16)17/h1-3,6,12H,4-5,8-9H2,(H,16,17). The van der Waals surface area contributed by atoms with E-state index in [1.165, 1.54) is 0 Å². The summed E-state index contributed by atoms with van der Waals surface area (Å²) in [6, 6.07) is 8.70. The van der Waals surface area contributed by atoms with Crippen LogP contribution in [-0.2, 0) is 16.1 Å². The van der Waals surface area contributed by atoms with Gasteiger partial charge in [-0.25, -0.2) is 0 Å². The van der Waals surface area contributed by atoms with E-state index in [9.17, 15) is 4.79 Å². The number of benzene rings is 1. The summed E-state index contributed by atoms with van der Waals surface area (Å²) >= 11 is 0. The number of carboxylic acid groups (broad SMARTS) is 1. The molecule has 0 spiro atoms. The van der Waals surface area contributed by atoms with Crippen LogP contribution in [0.1, 0.15) is 11.1 Å². The Kier molecular flexibility index (Phi) is 3.92. The molecule has 1 aromatic carbocycles. The molecule has 1 fully saturated rings. The zero-order valence-corrected chi connectivity index (χ0v) is 9.87. The van der Waals surface area contributed by atoms with Crippen molar-refractivity contribution in [3.05, 3.63) is 35.4 Å². The molecule has 1 aliphatic rings. The van der Waals surface area contributed by atoms with Crippen molar-refractivity contribution in [3.8, 4) is 6.07 Å². The molecule has 1 heterocycles. The highest BCUT2D eigenvalue weighted by Crippen LogP contribution is 2.13. The molecule has 0 aromatic heterocycles. The second kappa shape index (κ2) is 5.63. The average Bonchev–Trinajstić information content (AvgIpc) is 2.39. The number of aliphatic carboxylic acids is 1. The highest BCUT2D eigenvalue weighted by molar-refractivity contribution is 5.73. The van der Waals surface area contributed by atoms with Gasteiger partial charge in [0.2, 0.25) is 0 Å². The first-order valence-electron chi connectivity index (χ1n) is 5.74. The SMILES string of the molecule is N#Cc1cccc(CN2CCOCC2C(=O)O)c1. The highest BCUT2D eigenvalue weighted by atomic mass is 16.5. The fourth-order valence-corrected chi connectivity index (χ4v) is 2.03. The van der Waals surface area contributed by atoms with Crippen LogP contribution in [0.15, 0.2) is 24.3 Å².